The monoisotopic (exact) mass is 566 g/mol. The molecular weight excluding hydrogens is 529 g/mol. The molecule has 41 heavy (non-hydrogen) atoms. The van der Waals surface area contributed by atoms with E-state index in [2.05, 4.69) is 32.7 Å². The molecule has 2 aliphatic carbocycles. The number of aryl methyl sites for hydroxylation is 1. The second kappa shape index (κ2) is 11.2. The van der Waals surface area contributed by atoms with E-state index in [1.54, 1.807) is 13.2 Å². The number of hydrogen-bond donors (Lipinski definition) is 1. The number of benzene rings is 1. The normalized spacial score (nSPS) is 19.7. The average molecular weight is 567 g/mol. The van der Waals surface area contributed by atoms with E-state index < -0.39 is 11.9 Å². The molecule has 0 saturated carbocycles. The molecule has 1 aromatic heterocycles. The third-order valence-corrected chi connectivity index (χ3v) is 8.40. The Hall–Kier alpha value is -2.74. The summed E-state index contributed by atoms with van der Waals surface area (Å²) >= 11 is 0. The molecule has 0 fully saturated rings. The second-order valence-electron chi connectivity index (χ2n) is 12.8. The summed E-state index contributed by atoms with van der Waals surface area (Å²) in [6.45, 7) is 12.1. The minimum Gasteiger partial charge on any atom is -0.496 e. The third kappa shape index (κ3) is 5.56. The SMILES string of the molecule is CCc1ccc(-c2ccc(OC)c(C3C4=C(CC(C)(C)CC4=O)OC4=C3C(=O)CC(C)(C)C4)c2C)nc1C(=O)O.[Na]. The average Bonchev–Trinajstić information content (AvgIpc) is 2.85. The molecule has 1 aliphatic heterocycles. The zero-order chi connectivity index (χ0) is 29.1. The fraction of sp³-hybridized carbons (Fsp3) is 0.455. The van der Waals surface area contributed by atoms with Gasteiger partial charge in [0.15, 0.2) is 17.3 Å². The van der Waals surface area contributed by atoms with E-state index in [4.69, 9.17) is 9.47 Å². The van der Waals surface area contributed by atoms with Crippen molar-refractivity contribution in [2.75, 3.05) is 7.11 Å². The first-order chi connectivity index (χ1) is 18.8. The van der Waals surface area contributed by atoms with Gasteiger partial charge < -0.3 is 14.6 Å². The van der Waals surface area contributed by atoms with Crippen LogP contribution in [-0.2, 0) is 20.7 Å². The maximum Gasteiger partial charge on any atom is 0.354 e. The molecule has 211 valence electrons. The molecule has 8 heteroatoms. The molecule has 0 bridgehead atoms. The fourth-order valence-corrected chi connectivity index (χ4v) is 6.59. The molecule has 1 radical (unpaired) electrons. The van der Waals surface area contributed by atoms with Crippen LogP contribution in [0.2, 0.25) is 0 Å². The summed E-state index contributed by atoms with van der Waals surface area (Å²) in [5, 5.41) is 9.80. The van der Waals surface area contributed by atoms with Crippen LogP contribution in [0.5, 0.6) is 5.75 Å². The summed E-state index contributed by atoms with van der Waals surface area (Å²) < 4.78 is 12.3. The van der Waals surface area contributed by atoms with E-state index in [0.29, 0.717) is 71.8 Å². The Balaban J connectivity index is 0.00000387. The first kappa shape index (κ1) is 31.2. The Kier molecular flexibility index (Phi) is 8.49. The number of Topliss-reactive ketones (excluding diaryl/α,β-unsaturated/α-hetero) is 2. The number of carbonyl (C=O) groups excluding carboxylic acids is 2. The van der Waals surface area contributed by atoms with Gasteiger partial charge in [0.2, 0.25) is 0 Å². The van der Waals surface area contributed by atoms with Crippen molar-refractivity contribution in [3.05, 3.63) is 69.3 Å². The number of allylic oxidation sites excluding steroid dienone is 4. The Morgan fingerprint density at radius 2 is 1.54 bits per heavy atom. The Labute approximate surface area is 263 Å². The summed E-state index contributed by atoms with van der Waals surface area (Å²) in [5.74, 6) is 0.0871. The topological polar surface area (TPSA) is 103 Å². The molecular formula is C33H37NNaO6. The van der Waals surface area contributed by atoms with Crippen LogP contribution >= 0.6 is 0 Å². The number of ether oxygens (including phenoxy) is 2. The number of aromatic nitrogens is 1. The van der Waals surface area contributed by atoms with Gasteiger partial charge in [-0.1, -0.05) is 40.7 Å². The summed E-state index contributed by atoms with van der Waals surface area (Å²) in [7, 11) is 1.58. The van der Waals surface area contributed by atoms with E-state index in [0.717, 1.165) is 16.7 Å². The van der Waals surface area contributed by atoms with Crippen molar-refractivity contribution in [3.63, 3.8) is 0 Å². The van der Waals surface area contributed by atoms with Gasteiger partial charge in [0.1, 0.15) is 17.3 Å². The summed E-state index contributed by atoms with van der Waals surface area (Å²) in [6.07, 6.45) is 2.46. The smallest absolute Gasteiger partial charge is 0.354 e. The maximum absolute atomic E-state index is 13.8. The Morgan fingerprint density at radius 3 is 2.02 bits per heavy atom. The van der Waals surface area contributed by atoms with E-state index >= 15 is 0 Å². The molecule has 3 aliphatic rings. The quantitative estimate of drug-likeness (QED) is 0.421. The predicted octanol–water partition coefficient (Wildman–Crippen LogP) is 6.35. The fourth-order valence-electron chi connectivity index (χ4n) is 6.59. The molecule has 0 saturated heterocycles. The van der Waals surface area contributed by atoms with Crippen molar-refractivity contribution in [2.45, 2.75) is 79.6 Å². The number of aromatic carboxylic acids is 1. The van der Waals surface area contributed by atoms with Crippen molar-refractivity contribution < 1.29 is 29.0 Å². The van der Waals surface area contributed by atoms with Crippen LogP contribution in [0.25, 0.3) is 11.3 Å². The van der Waals surface area contributed by atoms with Crippen LogP contribution in [0, 0.1) is 17.8 Å². The molecule has 2 heterocycles. The van der Waals surface area contributed by atoms with Gasteiger partial charge in [0.05, 0.1) is 18.7 Å². The minimum absolute atomic E-state index is 0. The van der Waals surface area contributed by atoms with Gasteiger partial charge in [-0.3, -0.25) is 9.59 Å². The van der Waals surface area contributed by atoms with Crippen LogP contribution in [0.15, 0.2) is 46.9 Å². The molecule has 0 spiro atoms. The first-order valence-corrected chi connectivity index (χ1v) is 13.9. The predicted molar refractivity (Wildman–Crippen MR) is 157 cm³/mol. The maximum atomic E-state index is 13.8. The number of hydrogen-bond acceptors (Lipinski definition) is 6. The molecule has 1 N–H and O–H groups in total. The van der Waals surface area contributed by atoms with Crippen molar-refractivity contribution >= 4 is 47.1 Å². The standard InChI is InChI=1S/C33H37NO6.Na/c1-8-18-9-11-20(34-30(18)31(37)38)19-10-12-23(39-7)26(17(19)2)29-27-21(35)13-32(3,4)15-24(27)40-25-16-33(5,6)14-22(36)28(25)29;/h9-12,29H,8,13-16H2,1-7H3,(H,37,38);. The minimum atomic E-state index is -1.08. The molecule has 2 aromatic rings. The number of carboxylic acid groups (broad SMARTS) is 1. The van der Waals surface area contributed by atoms with Gasteiger partial charge in [0, 0.05) is 77.5 Å². The Morgan fingerprint density at radius 1 is 0.976 bits per heavy atom. The molecule has 0 atom stereocenters. The van der Waals surface area contributed by atoms with Crippen LogP contribution in [-0.4, -0.2) is 64.3 Å². The van der Waals surface area contributed by atoms with Gasteiger partial charge in [-0.2, -0.15) is 0 Å². The molecule has 0 unspecified atom stereocenters. The van der Waals surface area contributed by atoms with E-state index in [1.165, 1.54) is 0 Å². The van der Waals surface area contributed by atoms with Crippen LogP contribution < -0.4 is 4.74 Å². The number of rotatable bonds is 5. The van der Waals surface area contributed by atoms with Crippen LogP contribution in [0.1, 0.15) is 93.4 Å². The molecule has 1 aromatic carbocycles. The third-order valence-electron chi connectivity index (χ3n) is 8.40. The molecule has 5 rings (SSSR count). The zero-order valence-electron chi connectivity index (χ0n) is 25.4. The van der Waals surface area contributed by atoms with Gasteiger partial charge in [-0.25, -0.2) is 9.78 Å². The number of pyridine rings is 1. The van der Waals surface area contributed by atoms with Crippen molar-refractivity contribution in [1.82, 2.24) is 4.98 Å². The van der Waals surface area contributed by atoms with Gasteiger partial charge in [0.25, 0.3) is 0 Å². The number of ketones is 2. The Bertz CT molecular complexity index is 1480. The van der Waals surface area contributed by atoms with Crippen LogP contribution in [0.4, 0.5) is 0 Å². The largest absolute Gasteiger partial charge is 0.496 e. The number of carboxylic acids is 1. The van der Waals surface area contributed by atoms with E-state index in [-0.39, 0.29) is 57.6 Å². The van der Waals surface area contributed by atoms with Crippen molar-refractivity contribution in [3.8, 4) is 17.0 Å². The summed E-state index contributed by atoms with van der Waals surface area (Å²) in [6, 6.07) is 7.30. The van der Waals surface area contributed by atoms with Gasteiger partial charge in [-0.15, -0.1) is 0 Å². The molecule has 7 nitrogen and oxygen atoms in total. The number of carbonyl (C=O) groups is 3. The van der Waals surface area contributed by atoms with Crippen LogP contribution in [0.3, 0.4) is 0 Å². The second-order valence-corrected chi connectivity index (χ2v) is 12.8. The summed E-state index contributed by atoms with van der Waals surface area (Å²) in [4.78, 5) is 44.1. The first-order valence-electron chi connectivity index (χ1n) is 13.9. The van der Waals surface area contributed by atoms with Gasteiger partial charge in [-0.05, 0) is 53.5 Å². The van der Waals surface area contributed by atoms with E-state index in [9.17, 15) is 19.5 Å². The van der Waals surface area contributed by atoms with Gasteiger partial charge >= 0.3 is 5.97 Å². The number of nitrogens with zero attached hydrogens (tertiary/aromatic N) is 1. The summed E-state index contributed by atoms with van der Waals surface area (Å²) in [5.41, 5.74) is 3.97. The zero-order valence-corrected chi connectivity index (χ0v) is 27.4. The molecule has 0 amide bonds. The number of methoxy groups -OCH3 is 1. The van der Waals surface area contributed by atoms with Crippen molar-refractivity contribution in [2.24, 2.45) is 10.8 Å². The van der Waals surface area contributed by atoms with Crippen molar-refractivity contribution in [1.29, 1.82) is 0 Å². The van der Waals surface area contributed by atoms with E-state index in [1.807, 2.05) is 32.0 Å².